The van der Waals surface area contributed by atoms with E-state index in [1.54, 1.807) is 4.57 Å². The summed E-state index contributed by atoms with van der Waals surface area (Å²) in [5, 5.41) is 6.98. The molecular weight excluding hydrogens is 372 g/mol. The van der Waals surface area contributed by atoms with Crippen LogP contribution in [0.2, 0.25) is 0 Å². The number of H-pyrrole nitrogens is 1. The number of likely N-dealkylation sites (tertiary alicyclic amines) is 1. The van der Waals surface area contributed by atoms with Crippen molar-refractivity contribution in [1.82, 2.24) is 19.7 Å². The molecule has 6 nitrogen and oxygen atoms in total. The van der Waals surface area contributed by atoms with E-state index in [-0.39, 0.29) is 16.8 Å². The second-order valence-corrected chi connectivity index (χ2v) is 8.84. The summed E-state index contributed by atoms with van der Waals surface area (Å²) in [4.78, 5) is 26.8. The number of thioether (sulfide) groups is 1. The van der Waals surface area contributed by atoms with Crippen molar-refractivity contribution < 1.29 is 4.79 Å². The van der Waals surface area contributed by atoms with Crippen molar-refractivity contribution in [2.24, 2.45) is 5.92 Å². The molecule has 1 aliphatic heterocycles. The van der Waals surface area contributed by atoms with Crippen LogP contribution in [0.25, 0.3) is 0 Å². The molecule has 2 aromatic rings. The lowest BCUT2D eigenvalue weighted by molar-refractivity contribution is -0.131. The number of aromatic nitrogens is 3. The van der Waals surface area contributed by atoms with E-state index in [2.05, 4.69) is 41.4 Å². The third-order valence-corrected chi connectivity index (χ3v) is 6.46. The Morgan fingerprint density at radius 2 is 2.00 bits per heavy atom. The number of aromatic amines is 1. The number of nitrogens with one attached hydrogen (secondary N) is 1. The van der Waals surface area contributed by atoms with E-state index >= 15 is 0 Å². The Morgan fingerprint density at radius 1 is 1.29 bits per heavy atom. The molecule has 0 aliphatic carbocycles. The maximum Gasteiger partial charge on any atom is 0.343 e. The Morgan fingerprint density at radius 3 is 2.68 bits per heavy atom. The van der Waals surface area contributed by atoms with E-state index in [9.17, 15) is 9.59 Å². The number of nitrogens with zero attached hydrogens (tertiary/aromatic N) is 3. The normalized spacial score (nSPS) is 16.3. The zero-order valence-corrected chi connectivity index (χ0v) is 17.6. The summed E-state index contributed by atoms with van der Waals surface area (Å²) in [5.74, 6) is 0.778. The van der Waals surface area contributed by atoms with Crippen LogP contribution in [0, 0.1) is 5.92 Å². The highest BCUT2D eigenvalue weighted by molar-refractivity contribution is 8.00. The van der Waals surface area contributed by atoms with Gasteiger partial charge >= 0.3 is 5.69 Å². The molecule has 1 N–H and O–H groups in total. The quantitative estimate of drug-likeness (QED) is 0.688. The Kier molecular flexibility index (Phi) is 7.36. The molecular formula is C21H30N4O2S. The van der Waals surface area contributed by atoms with Crippen LogP contribution in [0.1, 0.15) is 45.1 Å². The van der Waals surface area contributed by atoms with Crippen molar-refractivity contribution in [3.63, 3.8) is 0 Å². The van der Waals surface area contributed by atoms with Crippen LogP contribution in [0.5, 0.6) is 0 Å². The van der Waals surface area contributed by atoms with Crippen LogP contribution in [-0.4, -0.2) is 43.9 Å². The molecule has 2 heterocycles. The molecule has 152 valence electrons. The van der Waals surface area contributed by atoms with Gasteiger partial charge in [-0.1, -0.05) is 55.4 Å². The lowest BCUT2D eigenvalue weighted by atomic mass is 9.90. The maximum absolute atomic E-state index is 12.9. The molecule has 1 amide bonds. The Bertz CT molecular complexity index is 809. The first-order valence-corrected chi connectivity index (χ1v) is 11.1. The predicted molar refractivity (Wildman–Crippen MR) is 113 cm³/mol. The number of unbranched alkanes of at least 4 members (excludes halogenated alkanes) is 1. The predicted octanol–water partition coefficient (Wildman–Crippen LogP) is 3.33. The zero-order chi connectivity index (χ0) is 19.9. The van der Waals surface area contributed by atoms with Crippen molar-refractivity contribution in [3.8, 4) is 0 Å². The molecule has 0 radical (unpaired) electrons. The van der Waals surface area contributed by atoms with Gasteiger partial charge in [0.25, 0.3) is 0 Å². The van der Waals surface area contributed by atoms with Gasteiger partial charge in [0.05, 0.1) is 5.25 Å². The topological polar surface area (TPSA) is 71.0 Å². The van der Waals surface area contributed by atoms with Crippen molar-refractivity contribution >= 4 is 17.7 Å². The third kappa shape index (κ3) is 5.28. The van der Waals surface area contributed by atoms with Crippen molar-refractivity contribution in [2.45, 2.75) is 62.9 Å². The average molecular weight is 403 g/mol. The van der Waals surface area contributed by atoms with Gasteiger partial charge in [0.15, 0.2) is 5.16 Å². The molecule has 0 unspecified atom stereocenters. The van der Waals surface area contributed by atoms with Gasteiger partial charge in [-0.05, 0) is 44.1 Å². The fourth-order valence-electron chi connectivity index (χ4n) is 3.68. The van der Waals surface area contributed by atoms with Crippen LogP contribution in [0.4, 0.5) is 0 Å². The molecule has 1 aliphatic rings. The van der Waals surface area contributed by atoms with E-state index in [1.807, 2.05) is 17.9 Å². The van der Waals surface area contributed by atoms with E-state index < -0.39 is 0 Å². The highest BCUT2D eigenvalue weighted by Crippen LogP contribution is 2.26. The van der Waals surface area contributed by atoms with Gasteiger partial charge in [0.2, 0.25) is 5.91 Å². The molecule has 3 rings (SSSR count). The summed E-state index contributed by atoms with van der Waals surface area (Å²) < 4.78 is 1.64. The lowest BCUT2D eigenvalue weighted by Gasteiger charge is -2.33. The van der Waals surface area contributed by atoms with Crippen LogP contribution in [-0.2, 0) is 17.8 Å². The van der Waals surface area contributed by atoms with Crippen LogP contribution < -0.4 is 5.69 Å². The number of amides is 1. The van der Waals surface area contributed by atoms with Crippen molar-refractivity contribution in [2.75, 3.05) is 13.1 Å². The van der Waals surface area contributed by atoms with Crippen LogP contribution in [0.3, 0.4) is 0 Å². The minimum Gasteiger partial charge on any atom is -0.342 e. The van der Waals surface area contributed by atoms with Crippen molar-refractivity contribution in [1.29, 1.82) is 0 Å². The minimum atomic E-state index is -0.249. The monoisotopic (exact) mass is 402 g/mol. The van der Waals surface area contributed by atoms with Gasteiger partial charge in [0.1, 0.15) is 0 Å². The maximum atomic E-state index is 12.9. The Labute approximate surface area is 170 Å². The molecule has 0 saturated carbocycles. The summed E-state index contributed by atoms with van der Waals surface area (Å²) >= 11 is 1.38. The number of rotatable bonds is 8. The minimum absolute atomic E-state index is 0.139. The van der Waals surface area contributed by atoms with Crippen LogP contribution in [0.15, 0.2) is 40.3 Å². The molecule has 0 bridgehead atoms. The molecule has 1 aromatic carbocycles. The molecule has 0 spiro atoms. The summed E-state index contributed by atoms with van der Waals surface area (Å²) in [7, 11) is 0. The molecule has 1 aromatic heterocycles. The smallest absolute Gasteiger partial charge is 0.342 e. The Hall–Kier alpha value is -2.02. The SMILES string of the molecule is CCCCn1c(S[C@H](C)C(=O)N2CCC(Cc3ccccc3)CC2)n[nH]c1=O. The number of hydrogen-bond donors (Lipinski definition) is 1. The van der Waals surface area contributed by atoms with Crippen molar-refractivity contribution in [3.05, 3.63) is 46.4 Å². The van der Waals surface area contributed by atoms with Gasteiger partial charge in [-0.15, -0.1) is 5.10 Å². The van der Waals surface area contributed by atoms with E-state index in [4.69, 9.17) is 0 Å². The molecule has 1 saturated heterocycles. The largest absolute Gasteiger partial charge is 0.343 e. The molecule has 1 atom stereocenters. The first-order chi connectivity index (χ1) is 13.6. The summed E-state index contributed by atoms with van der Waals surface area (Å²) in [6.07, 6.45) is 5.10. The number of piperidine rings is 1. The number of hydrogen-bond acceptors (Lipinski definition) is 4. The first kappa shape index (κ1) is 20.7. The van der Waals surface area contributed by atoms with E-state index in [0.717, 1.165) is 45.2 Å². The number of carbonyl (C=O) groups is 1. The van der Waals surface area contributed by atoms with E-state index in [1.165, 1.54) is 17.3 Å². The first-order valence-electron chi connectivity index (χ1n) is 10.2. The molecule has 28 heavy (non-hydrogen) atoms. The second kappa shape index (κ2) is 9.96. The van der Waals surface area contributed by atoms with Gasteiger partial charge in [-0.3, -0.25) is 9.36 Å². The zero-order valence-electron chi connectivity index (χ0n) is 16.8. The van der Waals surface area contributed by atoms with Crippen LogP contribution >= 0.6 is 11.8 Å². The van der Waals surface area contributed by atoms with E-state index in [0.29, 0.717) is 17.6 Å². The fraction of sp³-hybridized carbons (Fsp3) is 0.571. The van der Waals surface area contributed by atoms with Gasteiger partial charge < -0.3 is 4.90 Å². The second-order valence-electron chi connectivity index (χ2n) is 7.53. The average Bonchev–Trinajstić information content (AvgIpc) is 3.06. The van der Waals surface area contributed by atoms with Gasteiger partial charge in [-0.2, -0.15) is 0 Å². The third-order valence-electron chi connectivity index (χ3n) is 5.38. The highest BCUT2D eigenvalue weighted by atomic mass is 32.2. The molecule has 1 fully saturated rings. The summed E-state index contributed by atoms with van der Waals surface area (Å²) in [6.45, 7) is 6.26. The summed E-state index contributed by atoms with van der Waals surface area (Å²) in [6, 6.07) is 10.6. The number of benzene rings is 1. The molecule has 7 heteroatoms. The highest BCUT2D eigenvalue weighted by Gasteiger charge is 2.27. The van der Waals surface area contributed by atoms with Gasteiger partial charge in [0, 0.05) is 19.6 Å². The lowest BCUT2D eigenvalue weighted by Crippen LogP contribution is -2.42. The number of carbonyl (C=O) groups excluding carboxylic acids is 1. The van der Waals surface area contributed by atoms with Gasteiger partial charge in [-0.25, -0.2) is 9.89 Å². The summed E-state index contributed by atoms with van der Waals surface area (Å²) in [5.41, 5.74) is 1.18. The fourth-order valence-corrected chi connectivity index (χ4v) is 4.64. The Balaban J connectivity index is 1.51. The standard InChI is InChI=1S/C21H30N4O2S/c1-3-4-12-25-20(27)22-23-21(25)28-16(2)19(26)24-13-10-18(11-14-24)15-17-8-6-5-7-9-17/h5-9,16,18H,3-4,10-15H2,1-2H3,(H,22,27)/t16-/m1/s1.